The summed E-state index contributed by atoms with van der Waals surface area (Å²) in [6.45, 7) is 1.91. The number of hydrogen-bond acceptors (Lipinski definition) is 3. The molecule has 134 valence electrons. The normalized spacial score (nSPS) is 15.0. The van der Waals surface area contributed by atoms with Crippen LogP contribution >= 0.6 is 0 Å². The monoisotopic (exact) mass is 358 g/mol. The molecule has 0 saturated carbocycles. The van der Waals surface area contributed by atoms with Crippen molar-refractivity contribution in [2.75, 3.05) is 6.54 Å². The van der Waals surface area contributed by atoms with Gasteiger partial charge in [0.1, 0.15) is 11.3 Å². The fourth-order valence-electron chi connectivity index (χ4n) is 3.33. The summed E-state index contributed by atoms with van der Waals surface area (Å²) in [4.78, 5) is 6.08. The molecule has 3 aromatic rings. The van der Waals surface area contributed by atoms with Gasteiger partial charge in [0.05, 0.1) is 17.9 Å². The molecule has 0 aliphatic carbocycles. The maximum atomic E-state index is 13.8. The number of rotatable bonds is 3. The number of aromatic nitrogens is 3. The van der Waals surface area contributed by atoms with Gasteiger partial charge in [-0.05, 0) is 17.7 Å². The molecule has 0 fully saturated rings. The van der Waals surface area contributed by atoms with Crippen LogP contribution in [0.5, 0.6) is 0 Å². The average Bonchev–Trinajstić information content (AvgIpc) is 3.02. The maximum absolute atomic E-state index is 13.8. The first-order valence-corrected chi connectivity index (χ1v) is 8.37. The Kier molecular flexibility index (Phi) is 4.24. The summed E-state index contributed by atoms with van der Waals surface area (Å²) >= 11 is 0. The van der Waals surface area contributed by atoms with Gasteiger partial charge in [0, 0.05) is 25.8 Å². The topological polar surface area (TPSA) is 34.0 Å². The van der Waals surface area contributed by atoms with E-state index in [4.69, 9.17) is 0 Å². The van der Waals surface area contributed by atoms with Gasteiger partial charge in [0.15, 0.2) is 0 Å². The van der Waals surface area contributed by atoms with Crippen molar-refractivity contribution in [1.29, 1.82) is 0 Å². The lowest BCUT2D eigenvalue weighted by molar-refractivity contribution is -0.138. The van der Waals surface area contributed by atoms with E-state index in [1.807, 2.05) is 35.2 Å². The predicted molar refractivity (Wildman–Crippen MR) is 91.0 cm³/mol. The molecule has 26 heavy (non-hydrogen) atoms. The van der Waals surface area contributed by atoms with Crippen LogP contribution in [0.4, 0.5) is 13.2 Å². The molecule has 0 atom stereocenters. The second kappa shape index (κ2) is 6.57. The minimum absolute atomic E-state index is 0.0883. The van der Waals surface area contributed by atoms with Gasteiger partial charge in [-0.1, -0.05) is 36.4 Å². The van der Waals surface area contributed by atoms with E-state index in [9.17, 15) is 13.2 Å². The number of alkyl halides is 3. The highest BCUT2D eigenvalue weighted by Crippen LogP contribution is 2.40. The summed E-state index contributed by atoms with van der Waals surface area (Å²) in [6.07, 6.45) is -2.99. The summed E-state index contributed by atoms with van der Waals surface area (Å²) < 4.78 is 42.9. The third-order valence-electron chi connectivity index (χ3n) is 4.50. The van der Waals surface area contributed by atoms with E-state index < -0.39 is 11.7 Å². The molecule has 0 N–H and O–H groups in total. The highest BCUT2D eigenvalue weighted by atomic mass is 19.4. The van der Waals surface area contributed by atoms with Gasteiger partial charge in [0.2, 0.25) is 0 Å². The fraction of sp³-hybridized carbons (Fsp3) is 0.263. The van der Waals surface area contributed by atoms with Gasteiger partial charge in [-0.15, -0.1) is 0 Å². The van der Waals surface area contributed by atoms with Gasteiger partial charge in [0.25, 0.3) is 0 Å². The third kappa shape index (κ3) is 3.22. The molecule has 0 saturated heterocycles. The van der Waals surface area contributed by atoms with Crippen LogP contribution in [0.15, 0.2) is 54.7 Å². The standard InChI is InChI=1S/C19H17F3N4/c20-19(21,22)17-16-13-25(12-14-6-2-1-3-7-14)10-11-26(16)24-18(17)15-8-4-5-9-23-15/h1-9H,10-13H2. The van der Waals surface area contributed by atoms with Crippen molar-refractivity contribution in [1.82, 2.24) is 19.7 Å². The molecular formula is C19H17F3N4. The third-order valence-corrected chi connectivity index (χ3v) is 4.50. The van der Waals surface area contributed by atoms with Crippen molar-refractivity contribution in [2.45, 2.75) is 25.8 Å². The van der Waals surface area contributed by atoms with Crippen LogP contribution in [-0.2, 0) is 25.8 Å². The first-order chi connectivity index (χ1) is 12.5. The molecule has 4 rings (SSSR count). The van der Waals surface area contributed by atoms with Crippen molar-refractivity contribution < 1.29 is 13.2 Å². The van der Waals surface area contributed by atoms with Crippen LogP contribution < -0.4 is 0 Å². The Bertz CT molecular complexity index is 888. The zero-order valence-corrected chi connectivity index (χ0v) is 13.9. The number of halogens is 3. The molecule has 0 bridgehead atoms. The van der Waals surface area contributed by atoms with E-state index >= 15 is 0 Å². The lowest BCUT2D eigenvalue weighted by atomic mass is 10.1. The van der Waals surface area contributed by atoms with E-state index in [0.717, 1.165) is 5.56 Å². The average molecular weight is 358 g/mol. The molecule has 0 spiro atoms. The number of pyridine rings is 1. The molecule has 0 amide bonds. The summed E-state index contributed by atoms with van der Waals surface area (Å²) in [7, 11) is 0. The highest BCUT2D eigenvalue weighted by Gasteiger charge is 2.41. The van der Waals surface area contributed by atoms with Crippen LogP contribution in [0.1, 0.15) is 16.8 Å². The second-order valence-electron chi connectivity index (χ2n) is 6.30. The van der Waals surface area contributed by atoms with Crippen molar-refractivity contribution in [3.63, 3.8) is 0 Å². The smallest absolute Gasteiger partial charge is 0.291 e. The molecule has 4 nitrogen and oxygen atoms in total. The van der Waals surface area contributed by atoms with Crippen molar-refractivity contribution in [2.24, 2.45) is 0 Å². The van der Waals surface area contributed by atoms with Gasteiger partial charge in [-0.2, -0.15) is 18.3 Å². The molecule has 1 aliphatic heterocycles. The lowest BCUT2D eigenvalue weighted by Crippen LogP contribution is -2.34. The van der Waals surface area contributed by atoms with E-state index in [1.165, 1.54) is 10.9 Å². The molecule has 0 radical (unpaired) electrons. The minimum Gasteiger partial charge on any atom is -0.291 e. The first kappa shape index (κ1) is 16.8. The van der Waals surface area contributed by atoms with Crippen LogP contribution in [-0.4, -0.2) is 26.2 Å². The summed E-state index contributed by atoms with van der Waals surface area (Å²) in [5, 5.41) is 4.24. The summed E-state index contributed by atoms with van der Waals surface area (Å²) in [5.41, 5.74) is 0.777. The highest BCUT2D eigenvalue weighted by molar-refractivity contribution is 5.61. The number of benzene rings is 1. The molecule has 3 heterocycles. The maximum Gasteiger partial charge on any atom is 0.420 e. The van der Waals surface area contributed by atoms with Crippen molar-refractivity contribution in [3.8, 4) is 11.4 Å². The Morgan fingerprint density at radius 3 is 2.42 bits per heavy atom. The predicted octanol–water partition coefficient (Wildman–Crippen LogP) is 3.98. The van der Waals surface area contributed by atoms with Gasteiger partial charge >= 0.3 is 6.18 Å². The van der Waals surface area contributed by atoms with Crippen LogP contribution in [0.25, 0.3) is 11.4 Å². The zero-order chi connectivity index (χ0) is 18.1. The Morgan fingerprint density at radius 1 is 0.962 bits per heavy atom. The van der Waals surface area contributed by atoms with Crippen LogP contribution in [0, 0.1) is 0 Å². The molecular weight excluding hydrogens is 341 g/mol. The quantitative estimate of drug-likeness (QED) is 0.710. The largest absolute Gasteiger partial charge is 0.420 e. The fourth-order valence-corrected chi connectivity index (χ4v) is 3.33. The number of nitrogens with zero attached hydrogens (tertiary/aromatic N) is 4. The molecule has 7 heteroatoms. The molecule has 1 aliphatic rings. The first-order valence-electron chi connectivity index (χ1n) is 8.37. The molecule has 1 aromatic carbocycles. The Balaban J connectivity index is 1.70. The Hall–Kier alpha value is -2.67. The van der Waals surface area contributed by atoms with Gasteiger partial charge < -0.3 is 0 Å². The van der Waals surface area contributed by atoms with Crippen LogP contribution in [0.2, 0.25) is 0 Å². The van der Waals surface area contributed by atoms with Gasteiger partial charge in [-0.3, -0.25) is 14.6 Å². The molecule has 2 aromatic heterocycles. The number of fused-ring (bicyclic) bond motifs is 1. The number of hydrogen-bond donors (Lipinski definition) is 0. The zero-order valence-electron chi connectivity index (χ0n) is 13.9. The Labute approximate surface area is 148 Å². The summed E-state index contributed by atoms with van der Waals surface area (Å²) in [6, 6.07) is 14.7. The van der Waals surface area contributed by atoms with Crippen molar-refractivity contribution >= 4 is 0 Å². The van der Waals surface area contributed by atoms with E-state index in [1.54, 1.807) is 18.2 Å². The SMILES string of the molecule is FC(F)(F)c1c(-c2ccccn2)nn2c1CN(Cc1ccccc1)CC2. The molecule has 0 unspecified atom stereocenters. The second-order valence-corrected chi connectivity index (χ2v) is 6.30. The van der Waals surface area contributed by atoms with Crippen LogP contribution in [0.3, 0.4) is 0 Å². The van der Waals surface area contributed by atoms with E-state index in [-0.39, 0.29) is 23.6 Å². The van der Waals surface area contributed by atoms with E-state index in [2.05, 4.69) is 10.1 Å². The lowest BCUT2D eigenvalue weighted by Gasteiger charge is -2.28. The summed E-state index contributed by atoms with van der Waals surface area (Å²) in [5.74, 6) is 0. The van der Waals surface area contributed by atoms with Gasteiger partial charge in [-0.25, -0.2) is 0 Å². The Morgan fingerprint density at radius 2 is 1.73 bits per heavy atom. The van der Waals surface area contributed by atoms with E-state index in [0.29, 0.717) is 19.6 Å². The van der Waals surface area contributed by atoms with Crippen molar-refractivity contribution in [3.05, 3.63) is 71.5 Å². The minimum atomic E-state index is -4.48.